The van der Waals surface area contributed by atoms with Gasteiger partial charge in [-0.1, -0.05) is 43.7 Å². The number of nitrogens with one attached hydrogen (secondary N) is 3. The van der Waals surface area contributed by atoms with Gasteiger partial charge in [-0.05, 0) is 38.7 Å². The van der Waals surface area contributed by atoms with Crippen LogP contribution in [-0.2, 0) is 16.0 Å². The standard InChI is InChI=1S/C20H34N4O2/c1-6-22-20(26)18(13(2)3)24-19(25)15(5)23-12-17(21)11-16-9-7-14(4)8-10-16/h7-10,13,15,17-18,23H,6,11-12,21H2,1-5H3,(H,22,26)(H,24,25)/t15-,17-,18-/m0/s1. The van der Waals surface area contributed by atoms with E-state index in [0.29, 0.717) is 13.1 Å². The average Bonchev–Trinajstić information content (AvgIpc) is 2.59. The Balaban J connectivity index is 2.47. The highest BCUT2D eigenvalue weighted by Crippen LogP contribution is 2.05. The fourth-order valence-electron chi connectivity index (χ4n) is 2.62. The number of rotatable bonds is 10. The molecule has 1 aromatic rings. The number of benzene rings is 1. The number of amides is 2. The zero-order valence-electron chi connectivity index (χ0n) is 16.6. The average molecular weight is 363 g/mol. The predicted molar refractivity (Wildman–Crippen MR) is 106 cm³/mol. The van der Waals surface area contributed by atoms with Gasteiger partial charge in [-0.25, -0.2) is 0 Å². The third-order valence-electron chi connectivity index (χ3n) is 4.30. The Morgan fingerprint density at radius 2 is 1.69 bits per heavy atom. The van der Waals surface area contributed by atoms with Gasteiger partial charge in [-0.2, -0.15) is 0 Å². The molecular formula is C20H34N4O2. The van der Waals surface area contributed by atoms with Crippen molar-refractivity contribution < 1.29 is 9.59 Å². The largest absolute Gasteiger partial charge is 0.355 e. The second-order valence-corrected chi connectivity index (χ2v) is 7.20. The Labute approximate surface area is 157 Å². The van der Waals surface area contributed by atoms with Crippen molar-refractivity contribution in [3.05, 3.63) is 35.4 Å². The van der Waals surface area contributed by atoms with Crippen LogP contribution in [0.4, 0.5) is 0 Å². The Morgan fingerprint density at radius 1 is 1.08 bits per heavy atom. The number of aryl methyl sites for hydroxylation is 1. The molecule has 0 aliphatic heterocycles. The van der Waals surface area contributed by atoms with Crippen molar-refractivity contribution in [2.24, 2.45) is 11.7 Å². The topological polar surface area (TPSA) is 96.2 Å². The first kappa shape index (κ1) is 22.1. The Hall–Kier alpha value is -1.92. The maximum Gasteiger partial charge on any atom is 0.242 e. The van der Waals surface area contributed by atoms with Crippen LogP contribution in [0.2, 0.25) is 0 Å². The van der Waals surface area contributed by atoms with E-state index in [1.54, 1.807) is 6.92 Å². The molecule has 146 valence electrons. The van der Waals surface area contributed by atoms with E-state index < -0.39 is 12.1 Å². The van der Waals surface area contributed by atoms with Crippen LogP contribution in [0.15, 0.2) is 24.3 Å². The van der Waals surface area contributed by atoms with Crippen LogP contribution in [0.5, 0.6) is 0 Å². The lowest BCUT2D eigenvalue weighted by molar-refractivity contribution is -0.130. The lowest BCUT2D eigenvalue weighted by atomic mass is 10.0. The third kappa shape index (κ3) is 7.54. The van der Waals surface area contributed by atoms with Gasteiger partial charge in [-0.15, -0.1) is 0 Å². The summed E-state index contributed by atoms with van der Waals surface area (Å²) >= 11 is 0. The van der Waals surface area contributed by atoms with Gasteiger partial charge in [0, 0.05) is 19.1 Å². The summed E-state index contributed by atoms with van der Waals surface area (Å²) < 4.78 is 0. The van der Waals surface area contributed by atoms with Gasteiger partial charge >= 0.3 is 0 Å². The fraction of sp³-hybridized carbons (Fsp3) is 0.600. The van der Waals surface area contributed by atoms with E-state index in [2.05, 4.69) is 47.1 Å². The smallest absolute Gasteiger partial charge is 0.242 e. The van der Waals surface area contributed by atoms with E-state index in [9.17, 15) is 9.59 Å². The minimum Gasteiger partial charge on any atom is -0.355 e. The molecule has 0 spiro atoms. The van der Waals surface area contributed by atoms with Crippen molar-refractivity contribution in [2.75, 3.05) is 13.1 Å². The monoisotopic (exact) mass is 362 g/mol. The molecule has 0 aliphatic carbocycles. The SMILES string of the molecule is CCNC(=O)[C@@H](NC(=O)[C@H](C)NC[C@@H](N)Cc1ccc(C)cc1)C(C)C. The molecule has 0 radical (unpaired) electrons. The van der Waals surface area contributed by atoms with E-state index in [-0.39, 0.29) is 23.8 Å². The molecule has 0 fully saturated rings. The van der Waals surface area contributed by atoms with Crippen LogP contribution in [0.3, 0.4) is 0 Å². The minimum atomic E-state index is -0.534. The maximum absolute atomic E-state index is 12.4. The zero-order valence-corrected chi connectivity index (χ0v) is 16.6. The first-order valence-corrected chi connectivity index (χ1v) is 9.37. The molecule has 0 bridgehead atoms. The molecule has 0 aromatic heterocycles. The maximum atomic E-state index is 12.4. The van der Waals surface area contributed by atoms with Gasteiger partial charge in [0.1, 0.15) is 6.04 Å². The van der Waals surface area contributed by atoms with E-state index >= 15 is 0 Å². The van der Waals surface area contributed by atoms with Crippen LogP contribution in [0, 0.1) is 12.8 Å². The second-order valence-electron chi connectivity index (χ2n) is 7.20. The summed E-state index contributed by atoms with van der Waals surface area (Å²) in [4.78, 5) is 24.5. The van der Waals surface area contributed by atoms with Crippen LogP contribution >= 0.6 is 0 Å². The first-order chi connectivity index (χ1) is 12.2. The van der Waals surface area contributed by atoms with Crippen LogP contribution in [0.25, 0.3) is 0 Å². The predicted octanol–water partition coefficient (Wildman–Crippen LogP) is 1.12. The summed E-state index contributed by atoms with van der Waals surface area (Å²) in [6.07, 6.45) is 0.745. The quantitative estimate of drug-likeness (QED) is 0.501. The molecule has 0 aliphatic rings. The molecule has 0 unspecified atom stereocenters. The molecule has 0 heterocycles. The Bertz CT molecular complexity index is 572. The zero-order chi connectivity index (χ0) is 19.7. The highest BCUT2D eigenvalue weighted by atomic mass is 16.2. The molecule has 1 rings (SSSR count). The van der Waals surface area contributed by atoms with E-state index in [4.69, 9.17) is 5.73 Å². The third-order valence-corrected chi connectivity index (χ3v) is 4.30. The summed E-state index contributed by atoms with van der Waals surface area (Å²) in [5, 5.41) is 8.75. The van der Waals surface area contributed by atoms with E-state index in [1.165, 1.54) is 11.1 Å². The van der Waals surface area contributed by atoms with E-state index in [0.717, 1.165) is 6.42 Å². The number of carbonyl (C=O) groups is 2. The first-order valence-electron chi connectivity index (χ1n) is 9.37. The molecule has 0 saturated heterocycles. The Morgan fingerprint density at radius 3 is 2.23 bits per heavy atom. The summed E-state index contributed by atoms with van der Waals surface area (Å²) in [7, 11) is 0. The van der Waals surface area contributed by atoms with Crippen molar-refractivity contribution >= 4 is 11.8 Å². The Kier molecular flexibility index (Phi) is 9.30. The highest BCUT2D eigenvalue weighted by Gasteiger charge is 2.25. The normalized spacial score (nSPS) is 14.6. The number of hydrogen-bond donors (Lipinski definition) is 4. The molecule has 6 nitrogen and oxygen atoms in total. The molecule has 1 aromatic carbocycles. The second kappa shape index (κ2) is 10.9. The van der Waals surface area contributed by atoms with E-state index in [1.807, 2.05) is 20.8 Å². The lowest BCUT2D eigenvalue weighted by Gasteiger charge is -2.24. The lowest BCUT2D eigenvalue weighted by Crippen LogP contribution is -2.55. The summed E-state index contributed by atoms with van der Waals surface area (Å²) in [6.45, 7) is 10.6. The van der Waals surface area contributed by atoms with Crippen LogP contribution in [-0.4, -0.2) is 43.0 Å². The van der Waals surface area contributed by atoms with Crippen molar-refractivity contribution in [2.45, 2.75) is 59.2 Å². The van der Waals surface area contributed by atoms with Gasteiger partial charge in [0.05, 0.1) is 6.04 Å². The van der Waals surface area contributed by atoms with Crippen LogP contribution in [0.1, 0.15) is 38.8 Å². The van der Waals surface area contributed by atoms with Gasteiger partial charge < -0.3 is 21.7 Å². The molecule has 6 heteroatoms. The molecule has 3 atom stereocenters. The molecule has 2 amide bonds. The highest BCUT2D eigenvalue weighted by molar-refractivity contribution is 5.89. The van der Waals surface area contributed by atoms with Crippen LogP contribution < -0.4 is 21.7 Å². The van der Waals surface area contributed by atoms with Gasteiger partial charge in [0.25, 0.3) is 0 Å². The van der Waals surface area contributed by atoms with Gasteiger partial charge in [-0.3, -0.25) is 9.59 Å². The molecule has 26 heavy (non-hydrogen) atoms. The molecular weight excluding hydrogens is 328 g/mol. The van der Waals surface area contributed by atoms with Gasteiger partial charge in [0.15, 0.2) is 0 Å². The summed E-state index contributed by atoms with van der Waals surface area (Å²) in [5.41, 5.74) is 8.57. The number of likely N-dealkylation sites (N-methyl/N-ethyl adjacent to an activating group) is 1. The summed E-state index contributed by atoms with van der Waals surface area (Å²) in [6, 6.07) is 7.24. The van der Waals surface area contributed by atoms with Crippen molar-refractivity contribution in [1.29, 1.82) is 0 Å². The molecule has 5 N–H and O–H groups in total. The summed E-state index contributed by atoms with van der Waals surface area (Å²) in [5.74, 6) is -0.335. The number of carbonyl (C=O) groups excluding carboxylic acids is 2. The van der Waals surface area contributed by atoms with Crippen molar-refractivity contribution in [3.63, 3.8) is 0 Å². The fourth-order valence-corrected chi connectivity index (χ4v) is 2.62. The number of hydrogen-bond acceptors (Lipinski definition) is 4. The van der Waals surface area contributed by atoms with Gasteiger partial charge in [0.2, 0.25) is 11.8 Å². The minimum absolute atomic E-state index is 0.0153. The molecule has 0 saturated carbocycles. The van der Waals surface area contributed by atoms with Crippen molar-refractivity contribution in [3.8, 4) is 0 Å². The number of nitrogens with two attached hydrogens (primary N) is 1. The van der Waals surface area contributed by atoms with Crippen molar-refractivity contribution in [1.82, 2.24) is 16.0 Å².